The van der Waals surface area contributed by atoms with Crippen molar-refractivity contribution in [2.24, 2.45) is 0 Å². The Hall–Kier alpha value is -1.39. The first-order valence-corrected chi connectivity index (χ1v) is 7.53. The van der Waals surface area contributed by atoms with E-state index in [4.69, 9.17) is 4.74 Å². The molecule has 2 unspecified atom stereocenters. The Labute approximate surface area is 119 Å². The van der Waals surface area contributed by atoms with Crippen molar-refractivity contribution in [3.63, 3.8) is 0 Å². The smallest absolute Gasteiger partial charge is 0.112 e. The molecule has 0 spiro atoms. The van der Waals surface area contributed by atoms with E-state index in [-0.39, 0.29) is 6.10 Å². The van der Waals surface area contributed by atoms with Crippen LogP contribution in [-0.4, -0.2) is 33.5 Å². The maximum atomic E-state index is 10.4. The Kier molecular flexibility index (Phi) is 4.03. The lowest BCUT2D eigenvalue weighted by molar-refractivity contribution is -0.0619. The topological polar surface area (TPSA) is 47.3 Å². The van der Waals surface area contributed by atoms with Gasteiger partial charge in [0.2, 0.25) is 0 Å². The molecule has 4 nitrogen and oxygen atoms in total. The van der Waals surface area contributed by atoms with Crippen LogP contribution in [-0.2, 0) is 17.7 Å². The molecule has 2 atom stereocenters. The van der Waals surface area contributed by atoms with Gasteiger partial charge in [0.05, 0.1) is 23.2 Å². The molecule has 0 bridgehead atoms. The van der Waals surface area contributed by atoms with Gasteiger partial charge in [0.1, 0.15) is 5.82 Å². The molecule has 0 aliphatic carbocycles. The summed E-state index contributed by atoms with van der Waals surface area (Å²) in [6.45, 7) is 3.75. The van der Waals surface area contributed by atoms with Gasteiger partial charge in [-0.1, -0.05) is 12.1 Å². The number of hydrogen-bond donors (Lipinski definition) is 1. The Bertz CT molecular complexity index is 573. The predicted octanol–water partition coefficient (Wildman–Crippen LogP) is 2.53. The first-order chi connectivity index (χ1) is 9.79. The average molecular weight is 274 g/mol. The average Bonchev–Trinajstić information content (AvgIpc) is 2.85. The molecule has 3 rings (SSSR count). The number of ether oxygens (including phenoxy) is 1. The van der Waals surface area contributed by atoms with Crippen LogP contribution in [0.1, 0.15) is 32.0 Å². The molecular weight excluding hydrogens is 252 g/mol. The van der Waals surface area contributed by atoms with Crippen LogP contribution in [0.4, 0.5) is 0 Å². The van der Waals surface area contributed by atoms with Crippen LogP contribution in [0.5, 0.6) is 0 Å². The molecule has 0 saturated carbocycles. The minimum atomic E-state index is -0.461. The standard InChI is InChI=1S/C16H22N2O2/c1-2-18-13-8-4-3-7-12(13)17-16(18)11-14(19)15-9-5-6-10-20-15/h3-4,7-8,14-15,19H,2,5-6,9-11H2,1H3. The van der Waals surface area contributed by atoms with Crippen molar-refractivity contribution in [3.8, 4) is 0 Å². The highest BCUT2D eigenvalue weighted by atomic mass is 16.5. The van der Waals surface area contributed by atoms with Crippen molar-refractivity contribution in [2.45, 2.75) is 51.4 Å². The van der Waals surface area contributed by atoms with Gasteiger partial charge in [-0.2, -0.15) is 0 Å². The van der Waals surface area contributed by atoms with Crippen LogP contribution in [0.25, 0.3) is 11.0 Å². The van der Waals surface area contributed by atoms with Gasteiger partial charge in [0.25, 0.3) is 0 Å². The maximum absolute atomic E-state index is 10.4. The third-order valence-corrected chi connectivity index (χ3v) is 4.09. The number of hydrogen-bond acceptors (Lipinski definition) is 3. The number of imidazole rings is 1. The van der Waals surface area contributed by atoms with Gasteiger partial charge in [-0.25, -0.2) is 4.98 Å². The van der Waals surface area contributed by atoms with Crippen LogP contribution in [0.15, 0.2) is 24.3 Å². The molecule has 1 aliphatic rings. The molecule has 0 radical (unpaired) electrons. The molecule has 1 N–H and O–H groups in total. The van der Waals surface area contributed by atoms with E-state index >= 15 is 0 Å². The molecule has 1 aromatic carbocycles. The Morgan fingerprint density at radius 2 is 2.25 bits per heavy atom. The first-order valence-electron chi connectivity index (χ1n) is 7.53. The second-order valence-electron chi connectivity index (χ2n) is 5.44. The zero-order valence-electron chi connectivity index (χ0n) is 12.0. The summed E-state index contributed by atoms with van der Waals surface area (Å²) in [5.41, 5.74) is 2.14. The van der Waals surface area contributed by atoms with Crippen LogP contribution < -0.4 is 0 Å². The van der Waals surface area contributed by atoms with E-state index in [2.05, 4.69) is 22.5 Å². The van der Waals surface area contributed by atoms with Crippen LogP contribution >= 0.6 is 0 Å². The minimum absolute atomic E-state index is 0.0335. The number of para-hydroxylation sites is 2. The van der Waals surface area contributed by atoms with Gasteiger partial charge in [0.15, 0.2) is 0 Å². The van der Waals surface area contributed by atoms with E-state index in [0.29, 0.717) is 6.42 Å². The van der Waals surface area contributed by atoms with Gasteiger partial charge in [-0.15, -0.1) is 0 Å². The molecule has 4 heteroatoms. The van der Waals surface area contributed by atoms with Gasteiger partial charge < -0.3 is 14.4 Å². The lowest BCUT2D eigenvalue weighted by Crippen LogP contribution is -2.34. The fourth-order valence-electron chi connectivity index (χ4n) is 3.02. The normalized spacial score (nSPS) is 21.2. The van der Waals surface area contributed by atoms with Gasteiger partial charge in [-0.05, 0) is 38.3 Å². The molecule has 2 heterocycles. The van der Waals surface area contributed by atoms with Crippen molar-refractivity contribution >= 4 is 11.0 Å². The molecule has 20 heavy (non-hydrogen) atoms. The van der Waals surface area contributed by atoms with Crippen LogP contribution in [0, 0.1) is 0 Å². The highest BCUT2D eigenvalue weighted by Gasteiger charge is 2.24. The quantitative estimate of drug-likeness (QED) is 0.932. The van der Waals surface area contributed by atoms with E-state index in [9.17, 15) is 5.11 Å². The van der Waals surface area contributed by atoms with Gasteiger partial charge in [-0.3, -0.25) is 0 Å². The van der Waals surface area contributed by atoms with Crippen LogP contribution in [0.3, 0.4) is 0 Å². The highest BCUT2D eigenvalue weighted by Crippen LogP contribution is 2.21. The second kappa shape index (κ2) is 5.94. The molecule has 2 aromatic rings. The third kappa shape index (κ3) is 2.58. The summed E-state index contributed by atoms with van der Waals surface area (Å²) < 4.78 is 7.85. The van der Waals surface area contributed by atoms with Crippen molar-refractivity contribution in [1.29, 1.82) is 0 Å². The number of aliphatic hydroxyl groups is 1. The van der Waals surface area contributed by atoms with Gasteiger partial charge >= 0.3 is 0 Å². The van der Waals surface area contributed by atoms with Crippen molar-refractivity contribution in [1.82, 2.24) is 9.55 Å². The van der Waals surface area contributed by atoms with Crippen LogP contribution in [0.2, 0.25) is 0 Å². The summed E-state index contributed by atoms with van der Waals surface area (Å²) in [6, 6.07) is 8.13. The fraction of sp³-hybridized carbons (Fsp3) is 0.562. The third-order valence-electron chi connectivity index (χ3n) is 4.09. The maximum Gasteiger partial charge on any atom is 0.112 e. The first kappa shape index (κ1) is 13.6. The molecule has 1 aromatic heterocycles. The molecule has 1 saturated heterocycles. The van der Waals surface area contributed by atoms with Crippen molar-refractivity contribution in [3.05, 3.63) is 30.1 Å². The largest absolute Gasteiger partial charge is 0.390 e. The molecule has 0 amide bonds. The summed E-state index contributed by atoms with van der Waals surface area (Å²) >= 11 is 0. The molecule has 108 valence electrons. The lowest BCUT2D eigenvalue weighted by atomic mass is 10.0. The SMILES string of the molecule is CCn1c(CC(O)C2CCCCO2)nc2ccccc21. The monoisotopic (exact) mass is 274 g/mol. The van der Waals surface area contributed by atoms with Crippen molar-refractivity contribution in [2.75, 3.05) is 6.61 Å². The lowest BCUT2D eigenvalue weighted by Gasteiger charge is -2.27. The summed E-state index contributed by atoms with van der Waals surface area (Å²) in [6.07, 6.45) is 3.27. The number of aryl methyl sites for hydroxylation is 1. The summed E-state index contributed by atoms with van der Waals surface area (Å²) in [5.74, 6) is 0.954. The van der Waals surface area contributed by atoms with E-state index < -0.39 is 6.10 Å². The minimum Gasteiger partial charge on any atom is -0.390 e. The number of nitrogens with zero attached hydrogens (tertiary/aromatic N) is 2. The Morgan fingerprint density at radius 3 is 3.00 bits per heavy atom. The van der Waals surface area contributed by atoms with E-state index in [1.54, 1.807) is 0 Å². The number of fused-ring (bicyclic) bond motifs is 1. The number of rotatable bonds is 4. The number of aromatic nitrogens is 2. The Balaban J connectivity index is 1.82. The predicted molar refractivity (Wildman–Crippen MR) is 78.7 cm³/mol. The Morgan fingerprint density at radius 1 is 1.40 bits per heavy atom. The zero-order valence-corrected chi connectivity index (χ0v) is 12.0. The zero-order chi connectivity index (χ0) is 13.9. The molecule has 1 fully saturated rings. The van der Waals surface area contributed by atoms with E-state index in [1.807, 2.05) is 18.2 Å². The second-order valence-corrected chi connectivity index (χ2v) is 5.44. The molecular formula is C16H22N2O2. The number of benzene rings is 1. The summed E-state index contributed by atoms with van der Waals surface area (Å²) in [4.78, 5) is 4.67. The van der Waals surface area contributed by atoms with E-state index in [1.165, 1.54) is 0 Å². The summed E-state index contributed by atoms with van der Waals surface area (Å²) in [5, 5.41) is 10.4. The molecule has 1 aliphatic heterocycles. The highest BCUT2D eigenvalue weighted by molar-refractivity contribution is 5.75. The summed E-state index contributed by atoms with van der Waals surface area (Å²) in [7, 11) is 0. The fourth-order valence-corrected chi connectivity index (χ4v) is 3.02. The van der Waals surface area contributed by atoms with Crippen molar-refractivity contribution < 1.29 is 9.84 Å². The van der Waals surface area contributed by atoms with E-state index in [0.717, 1.165) is 49.3 Å². The van der Waals surface area contributed by atoms with Gasteiger partial charge in [0, 0.05) is 19.6 Å². The number of aliphatic hydroxyl groups excluding tert-OH is 1.